The Bertz CT molecular complexity index is 931. The molecule has 0 radical (unpaired) electrons. The Morgan fingerprint density at radius 3 is 2.43 bits per heavy atom. The first-order valence-electron chi connectivity index (χ1n) is 6.11. The molecule has 3 aromatic rings. The molecule has 21 heavy (non-hydrogen) atoms. The highest BCUT2D eigenvalue weighted by Gasteiger charge is 2.14. The van der Waals surface area contributed by atoms with Crippen LogP contribution in [-0.2, 0) is 17.1 Å². The predicted octanol–water partition coefficient (Wildman–Crippen LogP) is 2.54. The largest absolute Gasteiger partial charge is 0.327 e. The highest BCUT2D eigenvalue weighted by atomic mass is 35.5. The van der Waals surface area contributed by atoms with E-state index in [9.17, 15) is 8.42 Å². The molecule has 0 spiro atoms. The summed E-state index contributed by atoms with van der Waals surface area (Å²) in [7, 11) is -1.86. The monoisotopic (exact) mass is 321 g/mol. The van der Waals surface area contributed by atoms with E-state index in [4.69, 9.17) is 16.7 Å². The molecule has 0 saturated carbocycles. The van der Waals surface area contributed by atoms with Gasteiger partial charge in [-0.3, -0.25) is 0 Å². The molecule has 0 aliphatic carbocycles. The van der Waals surface area contributed by atoms with Crippen LogP contribution in [0.25, 0.3) is 22.4 Å². The van der Waals surface area contributed by atoms with E-state index >= 15 is 0 Å². The quantitative estimate of drug-likeness (QED) is 0.787. The average Bonchev–Trinajstić information content (AvgIpc) is 2.76. The first-order chi connectivity index (χ1) is 9.86. The summed E-state index contributed by atoms with van der Waals surface area (Å²) in [6.07, 6.45) is 0. The number of rotatable bonds is 2. The zero-order valence-electron chi connectivity index (χ0n) is 11.1. The Kier molecular flexibility index (Phi) is 3.24. The van der Waals surface area contributed by atoms with Crippen LogP contribution in [0.3, 0.4) is 0 Å². The number of hydrogen-bond acceptors (Lipinski definition) is 3. The van der Waals surface area contributed by atoms with E-state index in [-0.39, 0.29) is 4.90 Å². The third-order valence-corrected chi connectivity index (χ3v) is 4.45. The number of imidazole rings is 1. The molecule has 0 unspecified atom stereocenters. The SMILES string of the molecule is Cn1c(-c2ccc(Cl)cc2)nc2cc(S(N)(=O)=O)ccc21. The van der Waals surface area contributed by atoms with Crippen LogP contribution in [0.1, 0.15) is 0 Å². The van der Waals surface area contributed by atoms with Gasteiger partial charge in [0.1, 0.15) is 5.82 Å². The molecule has 0 amide bonds. The highest BCUT2D eigenvalue weighted by Crippen LogP contribution is 2.26. The zero-order valence-corrected chi connectivity index (χ0v) is 12.7. The Labute approximate surface area is 127 Å². The maximum Gasteiger partial charge on any atom is 0.238 e. The van der Waals surface area contributed by atoms with Gasteiger partial charge in [-0.15, -0.1) is 0 Å². The summed E-state index contributed by atoms with van der Waals surface area (Å²) in [6.45, 7) is 0. The van der Waals surface area contributed by atoms with Crippen LogP contribution >= 0.6 is 11.6 Å². The van der Waals surface area contributed by atoms with Crippen molar-refractivity contribution in [3.05, 3.63) is 47.5 Å². The minimum atomic E-state index is -3.73. The normalized spacial score (nSPS) is 12.0. The van der Waals surface area contributed by atoms with Crippen molar-refractivity contribution in [3.63, 3.8) is 0 Å². The van der Waals surface area contributed by atoms with Crippen LogP contribution < -0.4 is 5.14 Å². The Hall–Kier alpha value is -1.89. The number of benzene rings is 2. The van der Waals surface area contributed by atoms with E-state index in [0.29, 0.717) is 10.5 Å². The molecule has 0 bridgehead atoms. The summed E-state index contributed by atoms with van der Waals surface area (Å²) >= 11 is 5.88. The lowest BCUT2D eigenvalue weighted by Gasteiger charge is -2.02. The lowest BCUT2D eigenvalue weighted by molar-refractivity contribution is 0.598. The number of nitrogens with zero attached hydrogens (tertiary/aromatic N) is 2. The summed E-state index contributed by atoms with van der Waals surface area (Å²) in [4.78, 5) is 4.54. The van der Waals surface area contributed by atoms with Crippen LogP contribution in [0, 0.1) is 0 Å². The van der Waals surface area contributed by atoms with Gasteiger partial charge in [0.25, 0.3) is 0 Å². The number of nitrogens with two attached hydrogens (primary N) is 1. The molecule has 7 heteroatoms. The minimum Gasteiger partial charge on any atom is -0.327 e. The molecule has 0 atom stereocenters. The molecule has 1 aromatic heterocycles. The number of hydrogen-bond donors (Lipinski definition) is 1. The molecule has 2 N–H and O–H groups in total. The van der Waals surface area contributed by atoms with Crippen molar-refractivity contribution in [2.45, 2.75) is 4.90 Å². The molecular weight excluding hydrogens is 310 g/mol. The minimum absolute atomic E-state index is 0.0516. The fraction of sp³-hybridized carbons (Fsp3) is 0.0714. The zero-order chi connectivity index (χ0) is 15.2. The van der Waals surface area contributed by atoms with Crippen molar-refractivity contribution >= 4 is 32.7 Å². The number of fused-ring (bicyclic) bond motifs is 1. The maximum atomic E-state index is 11.4. The number of sulfonamides is 1. The summed E-state index contributed by atoms with van der Waals surface area (Å²) in [5.74, 6) is 0.730. The van der Waals surface area contributed by atoms with Gasteiger partial charge in [-0.05, 0) is 42.5 Å². The summed E-state index contributed by atoms with van der Waals surface area (Å²) in [5, 5.41) is 5.79. The van der Waals surface area contributed by atoms with Crippen LogP contribution in [0.5, 0.6) is 0 Å². The van der Waals surface area contributed by atoms with Crippen LogP contribution in [0.2, 0.25) is 5.02 Å². The molecule has 0 aliphatic heterocycles. The Morgan fingerprint density at radius 1 is 1.14 bits per heavy atom. The van der Waals surface area contributed by atoms with Crippen molar-refractivity contribution in [2.24, 2.45) is 12.2 Å². The lowest BCUT2D eigenvalue weighted by atomic mass is 10.2. The van der Waals surface area contributed by atoms with Gasteiger partial charge >= 0.3 is 0 Å². The Morgan fingerprint density at radius 2 is 1.81 bits per heavy atom. The van der Waals surface area contributed by atoms with Crippen molar-refractivity contribution < 1.29 is 8.42 Å². The summed E-state index contributed by atoms with van der Waals surface area (Å²) in [5.41, 5.74) is 2.30. The van der Waals surface area contributed by atoms with Gasteiger partial charge in [0.15, 0.2) is 0 Å². The molecule has 3 rings (SSSR count). The van der Waals surface area contributed by atoms with Crippen molar-refractivity contribution in [1.29, 1.82) is 0 Å². The van der Waals surface area contributed by atoms with Crippen molar-refractivity contribution in [1.82, 2.24) is 9.55 Å². The first-order valence-corrected chi connectivity index (χ1v) is 8.04. The standard InChI is InChI=1S/C14H12ClN3O2S/c1-18-13-7-6-11(21(16,19)20)8-12(13)17-14(18)9-2-4-10(15)5-3-9/h2-8H,1H3,(H2,16,19,20). The molecule has 1 heterocycles. The van der Waals surface area contributed by atoms with Gasteiger partial charge in [0.05, 0.1) is 15.9 Å². The van der Waals surface area contributed by atoms with E-state index in [1.165, 1.54) is 12.1 Å². The van der Waals surface area contributed by atoms with Crippen LogP contribution in [-0.4, -0.2) is 18.0 Å². The smallest absolute Gasteiger partial charge is 0.238 e. The third kappa shape index (κ3) is 2.53. The summed E-state index contributed by atoms with van der Waals surface area (Å²) in [6, 6.07) is 11.9. The first kappa shape index (κ1) is 14.1. The van der Waals surface area contributed by atoms with Gasteiger partial charge in [0.2, 0.25) is 10.0 Å². The summed E-state index contributed by atoms with van der Waals surface area (Å²) < 4.78 is 24.7. The predicted molar refractivity (Wildman–Crippen MR) is 82.5 cm³/mol. The third-order valence-electron chi connectivity index (χ3n) is 3.28. The van der Waals surface area contributed by atoms with E-state index < -0.39 is 10.0 Å². The van der Waals surface area contributed by atoms with Gasteiger partial charge in [-0.25, -0.2) is 18.5 Å². The molecular formula is C14H12ClN3O2S. The van der Waals surface area contributed by atoms with E-state index in [1.807, 2.05) is 23.7 Å². The number of primary sulfonamides is 1. The topological polar surface area (TPSA) is 78.0 Å². The molecule has 0 aliphatic rings. The number of aromatic nitrogens is 2. The van der Waals surface area contributed by atoms with Crippen LogP contribution in [0.4, 0.5) is 0 Å². The number of aryl methyl sites for hydroxylation is 1. The molecule has 2 aromatic carbocycles. The molecule has 0 saturated heterocycles. The molecule has 0 fully saturated rings. The maximum absolute atomic E-state index is 11.4. The van der Waals surface area contributed by atoms with Crippen LogP contribution in [0.15, 0.2) is 47.4 Å². The van der Waals surface area contributed by atoms with Crippen molar-refractivity contribution in [3.8, 4) is 11.4 Å². The fourth-order valence-electron chi connectivity index (χ4n) is 2.21. The fourth-order valence-corrected chi connectivity index (χ4v) is 2.87. The second-order valence-corrected chi connectivity index (χ2v) is 6.69. The lowest BCUT2D eigenvalue weighted by Crippen LogP contribution is -2.11. The number of halogens is 1. The van der Waals surface area contributed by atoms with Gasteiger partial charge in [-0.2, -0.15) is 0 Å². The average molecular weight is 322 g/mol. The van der Waals surface area contributed by atoms with E-state index in [1.54, 1.807) is 18.2 Å². The molecule has 5 nitrogen and oxygen atoms in total. The van der Waals surface area contributed by atoms with E-state index in [2.05, 4.69) is 4.98 Å². The second-order valence-electron chi connectivity index (χ2n) is 4.70. The van der Waals surface area contributed by atoms with E-state index in [0.717, 1.165) is 16.9 Å². The molecule has 108 valence electrons. The van der Waals surface area contributed by atoms with Crippen molar-refractivity contribution in [2.75, 3.05) is 0 Å². The van der Waals surface area contributed by atoms with Gasteiger partial charge in [0, 0.05) is 17.6 Å². The Balaban J connectivity index is 2.22. The van der Waals surface area contributed by atoms with Gasteiger partial charge in [-0.1, -0.05) is 11.6 Å². The van der Waals surface area contributed by atoms with Gasteiger partial charge < -0.3 is 4.57 Å². The highest BCUT2D eigenvalue weighted by molar-refractivity contribution is 7.89. The second kappa shape index (κ2) is 4.84.